The molecule has 2 rings (SSSR count). The van der Waals surface area contributed by atoms with Crippen molar-refractivity contribution < 1.29 is 14.3 Å². The Labute approximate surface area is 125 Å². The van der Waals surface area contributed by atoms with Crippen LogP contribution in [0, 0.1) is 0 Å². The number of likely N-dealkylation sites (tertiary alicyclic amines) is 1. The topological polar surface area (TPSA) is 72.6 Å². The van der Waals surface area contributed by atoms with Crippen LogP contribution in [0.25, 0.3) is 0 Å². The largest absolute Gasteiger partial charge is 0.460 e. The Morgan fingerprint density at radius 1 is 1.38 bits per heavy atom. The third-order valence-corrected chi connectivity index (χ3v) is 3.91. The first-order chi connectivity index (χ1) is 10.1. The van der Waals surface area contributed by atoms with Gasteiger partial charge in [-0.05, 0) is 31.4 Å². The lowest BCUT2D eigenvalue weighted by atomic mass is 10.1. The Hall–Kier alpha value is -1.88. The standard InChI is InChI=1S/C16H22N2O3/c1-2-13(15(17)19)18-10-6-9-14(18)16(20)21-11-12-7-4-3-5-8-12/h3-5,7-8,13-14H,2,6,9-11H2,1H3,(H2,17,19). The average Bonchev–Trinajstić information content (AvgIpc) is 2.95. The van der Waals surface area contributed by atoms with E-state index in [1.165, 1.54) is 0 Å². The number of rotatable bonds is 6. The third kappa shape index (κ3) is 3.82. The fourth-order valence-electron chi connectivity index (χ4n) is 2.84. The molecule has 1 amide bonds. The molecule has 5 heteroatoms. The van der Waals surface area contributed by atoms with E-state index in [4.69, 9.17) is 10.5 Å². The number of carbonyl (C=O) groups is 2. The summed E-state index contributed by atoms with van der Waals surface area (Å²) in [4.78, 5) is 25.6. The molecule has 1 saturated heterocycles. The smallest absolute Gasteiger partial charge is 0.323 e. The van der Waals surface area contributed by atoms with Gasteiger partial charge < -0.3 is 10.5 Å². The van der Waals surface area contributed by atoms with Crippen LogP contribution in [0.4, 0.5) is 0 Å². The molecule has 0 spiro atoms. The molecular weight excluding hydrogens is 268 g/mol. The maximum atomic E-state index is 12.3. The molecule has 2 unspecified atom stereocenters. The first kappa shape index (κ1) is 15.5. The van der Waals surface area contributed by atoms with Crippen molar-refractivity contribution >= 4 is 11.9 Å². The van der Waals surface area contributed by atoms with Crippen LogP contribution in [0.1, 0.15) is 31.7 Å². The van der Waals surface area contributed by atoms with Gasteiger partial charge in [0, 0.05) is 0 Å². The summed E-state index contributed by atoms with van der Waals surface area (Å²) in [6, 6.07) is 8.82. The lowest BCUT2D eigenvalue weighted by Gasteiger charge is -2.28. The Morgan fingerprint density at radius 2 is 2.10 bits per heavy atom. The first-order valence-corrected chi connectivity index (χ1v) is 7.39. The summed E-state index contributed by atoms with van der Waals surface area (Å²) in [5.74, 6) is -0.642. The zero-order valence-electron chi connectivity index (χ0n) is 12.3. The van der Waals surface area contributed by atoms with E-state index in [-0.39, 0.29) is 30.6 Å². The first-order valence-electron chi connectivity index (χ1n) is 7.39. The zero-order valence-corrected chi connectivity index (χ0v) is 12.3. The van der Waals surface area contributed by atoms with Crippen LogP contribution in [0.2, 0.25) is 0 Å². The highest BCUT2D eigenvalue weighted by Crippen LogP contribution is 2.23. The van der Waals surface area contributed by atoms with E-state index in [1.807, 2.05) is 42.2 Å². The number of nitrogens with zero attached hydrogens (tertiary/aromatic N) is 1. The van der Waals surface area contributed by atoms with E-state index in [0.717, 1.165) is 18.4 Å². The van der Waals surface area contributed by atoms with Gasteiger partial charge in [0.05, 0.1) is 6.04 Å². The molecule has 1 aliphatic heterocycles. The molecule has 5 nitrogen and oxygen atoms in total. The van der Waals surface area contributed by atoms with Crippen LogP contribution in [0.5, 0.6) is 0 Å². The summed E-state index contributed by atoms with van der Waals surface area (Å²) in [6.07, 6.45) is 2.21. The lowest BCUT2D eigenvalue weighted by Crippen LogP contribution is -2.49. The van der Waals surface area contributed by atoms with E-state index in [0.29, 0.717) is 13.0 Å². The molecule has 1 aliphatic rings. The van der Waals surface area contributed by atoms with Crippen molar-refractivity contribution in [1.29, 1.82) is 0 Å². The molecule has 0 aliphatic carbocycles. The van der Waals surface area contributed by atoms with Crippen molar-refractivity contribution in [2.24, 2.45) is 5.73 Å². The van der Waals surface area contributed by atoms with Crippen molar-refractivity contribution in [2.45, 2.75) is 44.9 Å². The van der Waals surface area contributed by atoms with E-state index in [1.54, 1.807) is 0 Å². The van der Waals surface area contributed by atoms with Gasteiger partial charge in [0.25, 0.3) is 0 Å². The van der Waals surface area contributed by atoms with Crippen LogP contribution in [-0.2, 0) is 20.9 Å². The van der Waals surface area contributed by atoms with Gasteiger partial charge >= 0.3 is 5.97 Å². The molecule has 0 radical (unpaired) electrons. The third-order valence-electron chi connectivity index (χ3n) is 3.91. The van der Waals surface area contributed by atoms with E-state index in [9.17, 15) is 9.59 Å². The number of benzene rings is 1. The Morgan fingerprint density at radius 3 is 2.71 bits per heavy atom. The highest BCUT2D eigenvalue weighted by molar-refractivity contribution is 5.82. The minimum absolute atomic E-state index is 0.261. The zero-order chi connectivity index (χ0) is 15.2. The number of primary amides is 1. The molecule has 0 aromatic heterocycles. The number of ether oxygens (including phenoxy) is 1. The second kappa shape index (κ2) is 7.22. The van der Waals surface area contributed by atoms with Crippen molar-refractivity contribution in [3.63, 3.8) is 0 Å². The van der Waals surface area contributed by atoms with Crippen molar-refractivity contribution in [3.05, 3.63) is 35.9 Å². The molecule has 1 aromatic rings. The van der Waals surface area contributed by atoms with E-state index in [2.05, 4.69) is 0 Å². The molecule has 0 bridgehead atoms. The Bertz CT molecular complexity index is 490. The average molecular weight is 290 g/mol. The van der Waals surface area contributed by atoms with Gasteiger partial charge in [0.2, 0.25) is 5.91 Å². The summed E-state index contributed by atoms with van der Waals surface area (Å²) < 4.78 is 5.38. The quantitative estimate of drug-likeness (QED) is 0.805. The molecule has 114 valence electrons. The molecule has 1 aromatic carbocycles. The Kier molecular flexibility index (Phi) is 5.33. The molecule has 2 atom stereocenters. The van der Waals surface area contributed by atoms with E-state index < -0.39 is 0 Å². The van der Waals surface area contributed by atoms with Crippen molar-refractivity contribution in [1.82, 2.24) is 4.90 Å². The maximum Gasteiger partial charge on any atom is 0.323 e. The van der Waals surface area contributed by atoms with Gasteiger partial charge in [0.1, 0.15) is 12.6 Å². The van der Waals surface area contributed by atoms with Crippen LogP contribution in [0.15, 0.2) is 30.3 Å². The molecule has 1 heterocycles. The number of esters is 1. The number of hydrogen-bond acceptors (Lipinski definition) is 4. The monoisotopic (exact) mass is 290 g/mol. The molecule has 1 fully saturated rings. The minimum Gasteiger partial charge on any atom is -0.460 e. The molecule has 21 heavy (non-hydrogen) atoms. The summed E-state index contributed by atoms with van der Waals surface area (Å²) in [7, 11) is 0. The summed E-state index contributed by atoms with van der Waals surface area (Å²) in [6.45, 7) is 2.88. The number of amides is 1. The van der Waals surface area contributed by atoms with Gasteiger partial charge in [-0.25, -0.2) is 0 Å². The highest BCUT2D eigenvalue weighted by atomic mass is 16.5. The fraction of sp³-hybridized carbons (Fsp3) is 0.500. The maximum absolute atomic E-state index is 12.3. The normalized spacial score (nSPS) is 20.1. The van der Waals surface area contributed by atoms with Gasteiger partial charge in [-0.3, -0.25) is 14.5 Å². The van der Waals surface area contributed by atoms with Gasteiger partial charge in [-0.1, -0.05) is 37.3 Å². The second-order valence-electron chi connectivity index (χ2n) is 5.32. The van der Waals surface area contributed by atoms with Gasteiger partial charge in [-0.15, -0.1) is 0 Å². The summed E-state index contributed by atoms with van der Waals surface area (Å²) in [5, 5.41) is 0. The van der Waals surface area contributed by atoms with Gasteiger partial charge in [0.15, 0.2) is 0 Å². The van der Waals surface area contributed by atoms with Crippen molar-refractivity contribution in [2.75, 3.05) is 6.54 Å². The van der Waals surface area contributed by atoms with Crippen molar-refractivity contribution in [3.8, 4) is 0 Å². The highest BCUT2D eigenvalue weighted by Gasteiger charge is 2.37. The molecule has 0 saturated carbocycles. The van der Waals surface area contributed by atoms with Crippen LogP contribution in [0.3, 0.4) is 0 Å². The van der Waals surface area contributed by atoms with Crippen LogP contribution < -0.4 is 5.73 Å². The molecule has 2 N–H and O–H groups in total. The number of hydrogen-bond donors (Lipinski definition) is 1. The minimum atomic E-state index is -0.387. The SMILES string of the molecule is CCC(C(N)=O)N1CCCC1C(=O)OCc1ccccc1. The second-order valence-corrected chi connectivity index (χ2v) is 5.32. The summed E-state index contributed by atoms with van der Waals surface area (Å²) >= 11 is 0. The predicted octanol–water partition coefficient (Wildman–Crippen LogP) is 1.46. The lowest BCUT2D eigenvalue weighted by molar-refractivity contribution is -0.151. The van der Waals surface area contributed by atoms with Crippen LogP contribution >= 0.6 is 0 Å². The number of carbonyl (C=O) groups excluding carboxylic acids is 2. The Balaban J connectivity index is 1.96. The van der Waals surface area contributed by atoms with Crippen LogP contribution in [-0.4, -0.2) is 35.4 Å². The predicted molar refractivity (Wildman–Crippen MR) is 79.2 cm³/mol. The van der Waals surface area contributed by atoms with Gasteiger partial charge in [-0.2, -0.15) is 0 Å². The number of nitrogens with two attached hydrogens (primary N) is 1. The fourth-order valence-corrected chi connectivity index (χ4v) is 2.84. The summed E-state index contributed by atoms with van der Waals surface area (Å²) in [5.41, 5.74) is 6.38. The molecular formula is C16H22N2O3. The van der Waals surface area contributed by atoms with E-state index >= 15 is 0 Å².